The molecule has 3 rings (SSSR count). The lowest BCUT2D eigenvalue weighted by Crippen LogP contribution is -1.95. The predicted molar refractivity (Wildman–Crippen MR) is 69.2 cm³/mol. The first-order valence-electron chi connectivity index (χ1n) is 4.97. The van der Waals surface area contributed by atoms with E-state index in [9.17, 15) is 0 Å². The summed E-state index contributed by atoms with van der Waals surface area (Å²) < 4.78 is 7.87. The van der Waals surface area contributed by atoms with Crippen LogP contribution >= 0.6 is 23.8 Å². The zero-order chi connectivity index (χ0) is 11.8. The Bertz CT molecular complexity index is 734. The Hall–Kier alpha value is -1.65. The molecule has 0 aliphatic rings. The van der Waals surface area contributed by atoms with Crippen molar-refractivity contribution in [2.75, 3.05) is 0 Å². The van der Waals surface area contributed by atoms with E-state index < -0.39 is 0 Å². The fourth-order valence-corrected chi connectivity index (χ4v) is 2.14. The average Bonchev–Trinajstić information content (AvgIpc) is 2.84. The van der Waals surface area contributed by atoms with E-state index in [1.165, 1.54) is 0 Å². The van der Waals surface area contributed by atoms with E-state index in [0.29, 0.717) is 9.53 Å². The van der Waals surface area contributed by atoms with Crippen molar-refractivity contribution in [2.45, 2.75) is 0 Å². The molecular weight excluding hydrogens is 256 g/mol. The topological polar surface area (TPSA) is 31.0 Å². The molecule has 0 saturated heterocycles. The van der Waals surface area contributed by atoms with Crippen LogP contribution in [0.3, 0.4) is 0 Å². The Labute approximate surface area is 107 Å². The Morgan fingerprint density at radius 3 is 3.00 bits per heavy atom. The molecule has 0 fully saturated rings. The lowest BCUT2D eigenvalue weighted by molar-refractivity contribution is 0.594. The molecule has 0 bridgehead atoms. The minimum atomic E-state index is 0.636. The van der Waals surface area contributed by atoms with Crippen molar-refractivity contribution in [3.8, 4) is 5.69 Å². The fraction of sp³-hybridized carbons (Fsp3) is 0. The molecule has 0 spiro atoms. The van der Waals surface area contributed by atoms with E-state index >= 15 is 0 Å². The van der Waals surface area contributed by atoms with Gasteiger partial charge in [0.2, 0.25) is 0 Å². The van der Waals surface area contributed by atoms with Crippen LogP contribution < -0.4 is 0 Å². The number of rotatable bonds is 1. The van der Waals surface area contributed by atoms with E-state index in [1.54, 1.807) is 35.3 Å². The zero-order valence-corrected chi connectivity index (χ0v) is 10.2. The number of nitrogens with zero attached hydrogens (tertiary/aromatic N) is 2. The molecule has 3 nitrogen and oxygen atoms in total. The summed E-state index contributed by atoms with van der Waals surface area (Å²) in [5.74, 6) is 0. The van der Waals surface area contributed by atoms with Gasteiger partial charge in [0.05, 0.1) is 4.51 Å². The predicted octanol–water partition coefficient (Wildman–Crippen LogP) is 4.00. The number of halogens is 1. The number of fused-ring (bicyclic) bond motifs is 1. The molecular formula is C12H7ClN2OS. The monoisotopic (exact) mass is 262 g/mol. The largest absolute Gasteiger partial charge is 0.462 e. The SMILES string of the molecule is S=c1c(-n2cccn2)coc2ccc(Cl)cc12. The van der Waals surface area contributed by atoms with Crippen LogP contribution in [0.25, 0.3) is 16.7 Å². The first-order valence-corrected chi connectivity index (χ1v) is 5.75. The van der Waals surface area contributed by atoms with Crippen LogP contribution in [0.2, 0.25) is 5.02 Å². The summed E-state index contributed by atoms with van der Waals surface area (Å²) in [6.45, 7) is 0. The smallest absolute Gasteiger partial charge is 0.135 e. The molecule has 0 radical (unpaired) electrons. The van der Waals surface area contributed by atoms with Gasteiger partial charge in [0.25, 0.3) is 0 Å². The van der Waals surface area contributed by atoms with Crippen molar-refractivity contribution >= 4 is 34.8 Å². The second-order valence-electron chi connectivity index (χ2n) is 3.54. The van der Waals surface area contributed by atoms with E-state index in [-0.39, 0.29) is 0 Å². The second kappa shape index (κ2) is 3.98. The van der Waals surface area contributed by atoms with Gasteiger partial charge in [0.15, 0.2) is 0 Å². The third kappa shape index (κ3) is 1.75. The molecule has 0 aliphatic carbocycles. The van der Waals surface area contributed by atoms with Gasteiger partial charge in [-0.25, -0.2) is 4.68 Å². The van der Waals surface area contributed by atoms with Crippen molar-refractivity contribution in [3.63, 3.8) is 0 Å². The molecule has 0 unspecified atom stereocenters. The fourth-order valence-electron chi connectivity index (χ4n) is 1.66. The van der Waals surface area contributed by atoms with E-state index in [0.717, 1.165) is 16.7 Å². The Kier molecular flexibility index (Phi) is 2.46. The van der Waals surface area contributed by atoms with Gasteiger partial charge in [-0.2, -0.15) is 5.10 Å². The summed E-state index contributed by atoms with van der Waals surface area (Å²) >= 11 is 11.4. The molecule has 0 aliphatic heterocycles. The van der Waals surface area contributed by atoms with Gasteiger partial charge in [0.1, 0.15) is 17.5 Å². The highest BCUT2D eigenvalue weighted by atomic mass is 35.5. The highest BCUT2D eigenvalue weighted by Gasteiger charge is 2.06. The lowest BCUT2D eigenvalue weighted by atomic mass is 10.2. The van der Waals surface area contributed by atoms with E-state index in [4.69, 9.17) is 28.2 Å². The molecule has 17 heavy (non-hydrogen) atoms. The highest BCUT2D eigenvalue weighted by Crippen LogP contribution is 2.24. The highest BCUT2D eigenvalue weighted by molar-refractivity contribution is 7.71. The van der Waals surface area contributed by atoms with Gasteiger partial charge in [-0.3, -0.25) is 0 Å². The van der Waals surface area contributed by atoms with Crippen LogP contribution in [0.1, 0.15) is 0 Å². The molecule has 0 saturated carbocycles. The molecule has 5 heteroatoms. The minimum absolute atomic E-state index is 0.636. The summed E-state index contributed by atoms with van der Waals surface area (Å²) in [6, 6.07) is 7.21. The number of benzene rings is 1. The van der Waals surface area contributed by atoms with Crippen LogP contribution in [-0.4, -0.2) is 9.78 Å². The average molecular weight is 263 g/mol. The summed E-state index contributed by atoms with van der Waals surface area (Å²) in [7, 11) is 0. The molecule has 2 aromatic heterocycles. The van der Waals surface area contributed by atoms with Crippen molar-refractivity contribution in [1.29, 1.82) is 0 Å². The lowest BCUT2D eigenvalue weighted by Gasteiger charge is -2.04. The molecule has 0 N–H and O–H groups in total. The maximum atomic E-state index is 5.96. The van der Waals surface area contributed by atoms with Gasteiger partial charge in [0, 0.05) is 22.8 Å². The number of hydrogen-bond acceptors (Lipinski definition) is 3. The third-order valence-electron chi connectivity index (χ3n) is 2.47. The third-order valence-corrected chi connectivity index (χ3v) is 3.13. The van der Waals surface area contributed by atoms with Crippen molar-refractivity contribution in [1.82, 2.24) is 9.78 Å². The first kappa shape index (κ1) is 10.5. The standard InChI is InChI=1S/C12H7ClN2OS/c13-8-2-3-11-9(6-8)12(17)10(7-16-11)15-5-1-4-14-15/h1-7H. The molecule has 0 amide bonds. The van der Waals surface area contributed by atoms with E-state index in [2.05, 4.69) is 5.10 Å². The number of hydrogen-bond donors (Lipinski definition) is 0. The van der Waals surface area contributed by atoms with Gasteiger partial charge in [-0.05, 0) is 24.3 Å². The van der Waals surface area contributed by atoms with Crippen molar-refractivity contribution in [3.05, 3.63) is 52.5 Å². The van der Waals surface area contributed by atoms with Crippen LogP contribution in [0.5, 0.6) is 0 Å². The van der Waals surface area contributed by atoms with Crippen molar-refractivity contribution < 1.29 is 4.42 Å². The van der Waals surface area contributed by atoms with Crippen LogP contribution in [0, 0.1) is 4.51 Å². The molecule has 2 heterocycles. The Morgan fingerprint density at radius 1 is 1.35 bits per heavy atom. The maximum absolute atomic E-state index is 5.96. The Morgan fingerprint density at radius 2 is 2.24 bits per heavy atom. The molecule has 3 aromatic rings. The summed E-state index contributed by atoms with van der Waals surface area (Å²) in [4.78, 5) is 0. The molecule has 84 valence electrons. The normalized spacial score (nSPS) is 10.9. The van der Waals surface area contributed by atoms with Gasteiger partial charge < -0.3 is 4.42 Å². The van der Waals surface area contributed by atoms with Gasteiger partial charge >= 0.3 is 0 Å². The quantitative estimate of drug-likeness (QED) is 0.621. The molecule has 0 atom stereocenters. The van der Waals surface area contributed by atoms with Gasteiger partial charge in [-0.1, -0.05) is 23.8 Å². The Balaban J connectivity index is 2.36. The summed E-state index contributed by atoms with van der Waals surface area (Å²) in [6.07, 6.45) is 5.11. The van der Waals surface area contributed by atoms with Crippen LogP contribution in [-0.2, 0) is 0 Å². The maximum Gasteiger partial charge on any atom is 0.135 e. The van der Waals surface area contributed by atoms with Gasteiger partial charge in [-0.15, -0.1) is 0 Å². The van der Waals surface area contributed by atoms with Crippen molar-refractivity contribution in [2.24, 2.45) is 0 Å². The first-order chi connectivity index (χ1) is 8.25. The number of aromatic nitrogens is 2. The minimum Gasteiger partial charge on any atom is -0.462 e. The van der Waals surface area contributed by atoms with Crippen LogP contribution in [0.15, 0.2) is 47.3 Å². The second-order valence-corrected chi connectivity index (χ2v) is 4.39. The summed E-state index contributed by atoms with van der Waals surface area (Å²) in [5.41, 5.74) is 1.45. The van der Waals surface area contributed by atoms with E-state index in [1.807, 2.05) is 12.3 Å². The molecule has 1 aromatic carbocycles. The zero-order valence-electron chi connectivity index (χ0n) is 8.63. The summed E-state index contributed by atoms with van der Waals surface area (Å²) in [5, 5.41) is 5.59. The van der Waals surface area contributed by atoms with Crippen LogP contribution in [0.4, 0.5) is 0 Å².